The van der Waals surface area contributed by atoms with Gasteiger partial charge in [0.25, 0.3) is 0 Å². The Morgan fingerprint density at radius 1 is 1.12 bits per heavy atom. The molecule has 1 aromatic rings. The number of alkyl halides is 3. The van der Waals surface area contributed by atoms with Crippen LogP contribution < -0.4 is 5.32 Å². The van der Waals surface area contributed by atoms with Gasteiger partial charge in [-0.3, -0.25) is 9.59 Å². The SMILES string of the molecule is O=C(NC1CCCC1)[C@@H](c1cccs1)N(C(=O)C(F)(F)F)C1CCCC1. The molecule has 1 heterocycles. The summed E-state index contributed by atoms with van der Waals surface area (Å²) in [6.07, 6.45) is 1.22. The quantitative estimate of drug-likeness (QED) is 0.823. The van der Waals surface area contributed by atoms with Gasteiger partial charge in [-0.1, -0.05) is 31.7 Å². The standard InChI is InChI=1S/C18H23F3N2O2S/c19-18(20,21)17(25)23(13-8-3-4-9-13)15(14-10-5-11-26-14)16(24)22-12-6-1-2-7-12/h5,10-13,15H,1-4,6-9H2,(H,22,24)/t15-/m1/s1. The van der Waals surface area contributed by atoms with E-state index in [9.17, 15) is 22.8 Å². The van der Waals surface area contributed by atoms with Gasteiger partial charge in [-0.2, -0.15) is 13.2 Å². The third kappa shape index (κ3) is 4.22. The van der Waals surface area contributed by atoms with E-state index in [4.69, 9.17) is 0 Å². The first-order valence-corrected chi connectivity index (χ1v) is 9.99. The van der Waals surface area contributed by atoms with Gasteiger partial charge in [-0.15, -0.1) is 11.3 Å². The molecule has 2 aliphatic rings. The van der Waals surface area contributed by atoms with Crippen molar-refractivity contribution in [2.45, 2.75) is 75.7 Å². The van der Waals surface area contributed by atoms with Crippen molar-refractivity contribution in [1.29, 1.82) is 0 Å². The van der Waals surface area contributed by atoms with Crippen molar-refractivity contribution < 1.29 is 22.8 Å². The van der Waals surface area contributed by atoms with Gasteiger partial charge in [-0.05, 0) is 37.1 Å². The number of carbonyl (C=O) groups excluding carboxylic acids is 2. The summed E-state index contributed by atoms with van der Waals surface area (Å²) in [4.78, 5) is 26.5. The maximum atomic E-state index is 13.3. The first-order chi connectivity index (χ1) is 12.4. The number of nitrogens with zero attached hydrogens (tertiary/aromatic N) is 1. The van der Waals surface area contributed by atoms with Crippen molar-refractivity contribution in [3.05, 3.63) is 22.4 Å². The summed E-state index contributed by atoms with van der Waals surface area (Å²) in [5, 5.41) is 4.60. The minimum Gasteiger partial charge on any atom is -0.351 e. The molecular formula is C18H23F3N2O2S. The topological polar surface area (TPSA) is 49.4 Å². The van der Waals surface area contributed by atoms with Gasteiger partial charge in [-0.25, -0.2) is 0 Å². The second-order valence-electron chi connectivity index (χ2n) is 7.06. The predicted molar refractivity (Wildman–Crippen MR) is 92.6 cm³/mol. The molecule has 2 aliphatic carbocycles. The monoisotopic (exact) mass is 388 g/mol. The van der Waals surface area contributed by atoms with E-state index in [2.05, 4.69) is 5.32 Å². The summed E-state index contributed by atoms with van der Waals surface area (Å²) in [5.41, 5.74) is 0. The van der Waals surface area contributed by atoms with Crippen molar-refractivity contribution in [2.75, 3.05) is 0 Å². The smallest absolute Gasteiger partial charge is 0.351 e. The molecule has 144 valence electrons. The first kappa shape index (κ1) is 19.2. The zero-order chi connectivity index (χ0) is 18.7. The summed E-state index contributed by atoms with van der Waals surface area (Å²) >= 11 is 1.21. The minimum absolute atomic E-state index is 0.0172. The molecule has 3 rings (SSSR count). The van der Waals surface area contributed by atoms with E-state index >= 15 is 0 Å². The van der Waals surface area contributed by atoms with E-state index in [0.29, 0.717) is 17.7 Å². The molecule has 4 nitrogen and oxygen atoms in total. The van der Waals surface area contributed by atoms with E-state index < -0.39 is 30.1 Å². The molecule has 0 aliphatic heterocycles. The van der Waals surface area contributed by atoms with E-state index in [1.54, 1.807) is 17.5 Å². The summed E-state index contributed by atoms with van der Waals surface area (Å²) in [6, 6.07) is 1.55. The fourth-order valence-corrected chi connectivity index (χ4v) is 4.83. The number of halogens is 3. The fourth-order valence-electron chi connectivity index (χ4n) is 4.01. The second-order valence-corrected chi connectivity index (χ2v) is 8.04. The Bertz CT molecular complexity index is 621. The van der Waals surface area contributed by atoms with Gasteiger partial charge in [0.2, 0.25) is 5.91 Å². The fraction of sp³-hybridized carbons (Fsp3) is 0.667. The summed E-state index contributed by atoms with van der Waals surface area (Å²) in [6.45, 7) is 0. The maximum absolute atomic E-state index is 13.3. The van der Waals surface area contributed by atoms with Crippen LogP contribution in [-0.2, 0) is 9.59 Å². The zero-order valence-corrected chi connectivity index (χ0v) is 15.2. The highest BCUT2D eigenvalue weighted by Crippen LogP contribution is 2.37. The molecule has 2 fully saturated rings. The lowest BCUT2D eigenvalue weighted by Gasteiger charge is -2.36. The Labute approximate surface area is 154 Å². The highest BCUT2D eigenvalue weighted by Gasteiger charge is 2.49. The lowest BCUT2D eigenvalue weighted by atomic mass is 10.1. The summed E-state index contributed by atoms with van der Waals surface area (Å²) in [5.74, 6) is -2.41. The van der Waals surface area contributed by atoms with Crippen molar-refractivity contribution in [3.63, 3.8) is 0 Å². The maximum Gasteiger partial charge on any atom is 0.471 e. The van der Waals surface area contributed by atoms with Gasteiger partial charge in [0.15, 0.2) is 0 Å². The van der Waals surface area contributed by atoms with Crippen molar-refractivity contribution in [2.24, 2.45) is 0 Å². The molecule has 26 heavy (non-hydrogen) atoms. The average molecular weight is 388 g/mol. The number of thiophene rings is 1. The molecule has 0 spiro atoms. The molecule has 1 atom stereocenters. The van der Waals surface area contributed by atoms with Crippen LogP contribution in [0.15, 0.2) is 17.5 Å². The Balaban J connectivity index is 1.92. The molecule has 8 heteroatoms. The van der Waals surface area contributed by atoms with Crippen molar-refractivity contribution >= 4 is 23.2 Å². The number of hydrogen-bond acceptors (Lipinski definition) is 3. The minimum atomic E-state index is -4.99. The predicted octanol–water partition coefficient (Wildman–Crippen LogP) is 4.18. The Morgan fingerprint density at radius 3 is 2.27 bits per heavy atom. The number of amides is 2. The molecule has 0 saturated heterocycles. The molecular weight excluding hydrogens is 365 g/mol. The summed E-state index contributed by atoms with van der Waals surface area (Å²) < 4.78 is 39.9. The first-order valence-electron chi connectivity index (χ1n) is 9.11. The Morgan fingerprint density at radius 2 is 1.73 bits per heavy atom. The number of carbonyl (C=O) groups is 2. The highest BCUT2D eigenvalue weighted by molar-refractivity contribution is 7.10. The lowest BCUT2D eigenvalue weighted by Crippen LogP contribution is -2.53. The van der Waals surface area contributed by atoms with Crippen LogP contribution in [0.25, 0.3) is 0 Å². The Hall–Kier alpha value is -1.57. The lowest BCUT2D eigenvalue weighted by molar-refractivity contribution is -0.191. The van der Waals surface area contributed by atoms with Gasteiger partial charge in [0.1, 0.15) is 6.04 Å². The molecule has 2 amide bonds. The van der Waals surface area contributed by atoms with Crippen LogP contribution in [0.1, 0.15) is 62.3 Å². The van der Waals surface area contributed by atoms with E-state index in [0.717, 1.165) is 43.4 Å². The van der Waals surface area contributed by atoms with Gasteiger partial charge in [0.05, 0.1) is 0 Å². The molecule has 1 N–H and O–H groups in total. The average Bonchev–Trinajstić information content (AvgIpc) is 3.32. The molecule has 0 radical (unpaired) electrons. The van der Waals surface area contributed by atoms with Crippen LogP contribution in [0.5, 0.6) is 0 Å². The molecule has 2 saturated carbocycles. The van der Waals surface area contributed by atoms with Gasteiger partial charge < -0.3 is 10.2 Å². The Kier molecular flexibility index (Phi) is 5.89. The summed E-state index contributed by atoms with van der Waals surface area (Å²) in [7, 11) is 0. The molecule has 0 unspecified atom stereocenters. The van der Waals surface area contributed by atoms with E-state index in [1.807, 2.05) is 0 Å². The van der Waals surface area contributed by atoms with Gasteiger partial charge >= 0.3 is 12.1 Å². The second kappa shape index (κ2) is 7.98. The largest absolute Gasteiger partial charge is 0.471 e. The number of rotatable bonds is 5. The van der Waals surface area contributed by atoms with E-state index in [1.165, 1.54) is 11.3 Å². The molecule has 0 aromatic carbocycles. The van der Waals surface area contributed by atoms with Crippen molar-refractivity contribution in [3.8, 4) is 0 Å². The number of nitrogens with one attached hydrogen (secondary N) is 1. The van der Waals surface area contributed by atoms with Crippen LogP contribution in [0.2, 0.25) is 0 Å². The normalized spacial score (nSPS) is 20.3. The van der Waals surface area contributed by atoms with Crippen LogP contribution in [0.4, 0.5) is 13.2 Å². The number of hydrogen-bond donors (Lipinski definition) is 1. The van der Waals surface area contributed by atoms with Crippen molar-refractivity contribution in [1.82, 2.24) is 10.2 Å². The third-order valence-electron chi connectivity index (χ3n) is 5.24. The highest BCUT2D eigenvalue weighted by atomic mass is 32.1. The van der Waals surface area contributed by atoms with Crippen LogP contribution in [0, 0.1) is 0 Å². The molecule has 1 aromatic heterocycles. The van der Waals surface area contributed by atoms with E-state index in [-0.39, 0.29) is 6.04 Å². The molecule has 0 bridgehead atoms. The van der Waals surface area contributed by atoms with Crippen LogP contribution in [0.3, 0.4) is 0 Å². The van der Waals surface area contributed by atoms with Gasteiger partial charge in [0, 0.05) is 17.0 Å². The zero-order valence-electron chi connectivity index (χ0n) is 14.4. The van der Waals surface area contributed by atoms with Crippen LogP contribution >= 0.6 is 11.3 Å². The third-order valence-corrected chi connectivity index (χ3v) is 6.16. The van der Waals surface area contributed by atoms with Crippen LogP contribution in [-0.4, -0.2) is 35.0 Å².